The van der Waals surface area contributed by atoms with E-state index in [1.54, 1.807) is 23.1 Å². The van der Waals surface area contributed by atoms with E-state index >= 15 is 0 Å². The van der Waals surface area contributed by atoms with Crippen LogP contribution in [-0.2, 0) is 16.0 Å². The molecule has 1 amide bonds. The Labute approximate surface area is 180 Å². The number of nitrogens with two attached hydrogens (primary N) is 1. The van der Waals surface area contributed by atoms with Gasteiger partial charge in [-0.1, -0.05) is 18.2 Å². The Hall–Kier alpha value is -3.13. The molecule has 2 aromatic carbocycles. The summed E-state index contributed by atoms with van der Waals surface area (Å²) in [4.78, 5) is 14.3. The number of halogens is 2. The van der Waals surface area contributed by atoms with Crippen molar-refractivity contribution in [3.05, 3.63) is 71.3 Å². The molecule has 0 aliphatic carbocycles. The van der Waals surface area contributed by atoms with E-state index in [0.717, 1.165) is 0 Å². The van der Waals surface area contributed by atoms with Crippen LogP contribution in [0.5, 0.6) is 0 Å². The Morgan fingerprint density at radius 3 is 2.39 bits per heavy atom. The van der Waals surface area contributed by atoms with Crippen LogP contribution in [0.3, 0.4) is 0 Å². The Morgan fingerprint density at radius 2 is 1.74 bits per heavy atom. The fourth-order valence-electron chi connectivity index (χ4n) is 3.62. The van der Waals surface area contributed by atoms with E-state index in [-0.39, 0.29) is 35.9 Å². The second kappa shape index (κ2) is 10.3. The summed E-state index contributed by atoms with van der Waals surface area (Å²) in [6, 6.07) is 11.2. The molecule has 1 saturated heterocycles. The first kappa shape index (κ1) is 22.6. The summed E-state index contributed by atoms with van der Waals surface area (Å²) < 4.78 is 32.1. The van der Waals surface area contributed by atoms with Gasteiger partial charge in [0.25, 0.3) is 0 Å². The normalized spacial score (nSPS) is 15.4. The molecule has 3 rings (SSSR count). The molecule has 1 fully saturated rings. The highest BCUT2D eigenvalue weighted by molar-refractivity contribution is 5.99. The number of hydrogen-bond acceptors (Lipinski definition) is 5. The van der Waals surface area contributed by atoms with Gasteiger partial charge < -0.3 is 15.4 Å². The highest BCUT2D eigenvalue weighted by Gasteiger charge is 2.28. The lowest BCUT2D eigenvalue weighted by Gasteiger charge is -2.32. The molecule has 31 heavy (non-hydrogen) atoms. The third-order valence-corrected chi connectivity index (χ3v) is 5.41. The van der Waals surface area contributed by atoms with Crippen molar-refractivity contribution in [1.82, 2.24) is 4.90 Å². The van der Waals surface area contributed by atoms with Gasteiger partial charge in [-0.15, -0.1) is 0 Å². The molecule has 8 heteroatoms. The molecule has 0 aromatic heterocycles. The number of hydrogen-bond donors (Lipinski definition) is 3. The lowest BCUT2D eigenvalue weighted by Crippen LogP contribution is -2.43. The fourth-order valence-corrected chi connectivity index (χ4v) is 3.62. The zero-order valence-electron chi connectivity index (χ0n) is 17.1. The molecule has 1 aliphatic rings. The lowest BCUT2D eigenvalue weighted by molar-refractivity contribution is -0.132. The molecule has 1 aliphatic heterocycles. The first-order chi connectivity index (χ1) is 14.8. The zero-order chi connectivity index (χ0) is 22.4. The molecule has 1 atom stereocenters. The molecular weight excluding hydrogens is 402 g/mol. The van der Waals surface area contributed by atoms with E-state index in [0.29, 0.717) is 43.5 Å². The van der Waals surface area contributed by atoms with Crippen molar-refractivity contribution in [3.63, 3.8) is 0 Å². The standard InChI is InChI=1S/C23H26F2N4O2/c24-18-7-5-15(6-8-18)22(27)31-23(28)16-9-11-29(12-10-16)21(30)14-19(26)13-17-3-1-2-4-20(17)25/h1-8,16,19,27-28H,9-14,26H2/t19-/m1/s1. The second-order valence-electron chi connectivity index (χ2n) is 7.72. The van der Waals surface area contributed by atoms with E-state index in [1.807, 2.05) is 0 Å². The maximum absolute atomic E-state index is 13.8. The van der Waals surface area contributed by atoms with Gasteiger partial charge in [0.15, 0.2) is 5.90 Å². The number of likely N-dealkylation sites (tertiary alicyclic amines) is 1. The minimum absolute atomic E-state index is 0.0299. The topological polar surface area (TPSA) is 103 Å². The molecule has 6 nitrogen and oxygen atoms in total. The average molecular weight is 428 g/mol. The summed E-state index contributed by atoms with van der Waals surface area (Å²) in [5, 5.41) is 16.1. The zero-order valence-corrected chi connectivity index (χ0v) is 17.1. The summed E-state index contributed by atoms with van der Waals surface area (Å²) in [5.74, 6) is -1.25. The number of ether oxygens (including phenoxy) is 1. The summed E-state index contributed by atoms with van der Waals surface area (Å²) >= 11 is 0. The average Bonchev–Trinajstić information content (AvgIpc) is 2.75. The highest BCUT2D eigenvalue weighted by Crippen LogP contribution is 2.21. The van der Waals surface area contributed by atoms with Crippen LogP contribution in [0, 0.1) is 28.4 Å². The van der Waals surface area contributed by atoms with Crippen molar-refractivity contribution in [3.8, 4) is 0 Å². The second-order valence-corrected chi connectivity index (χ2v) is 7.72. The summed E-state index contributed by atoms with van der Waals surface area (Å²) in [6.07, 6.45) is 1.51. The first-order valence-electron chi connectivity index (χ1n) is 10.2. The molecule has 0 radical (unpaired) electrons. The van der Waals surface area contributed by atoms with Gasteiger partial charge in [-0.2, -0.15) is 0 Å². The molecule has 1 heterocycles. The van der Waals surface area contributed by atoms with Crippen molar-refractivity contribution < 1.29 is 18.3 Å². The predicted octanol–water partition coefficient (Wildman–Crippen LogP) is 3.48. The van der Waals surface area contributed by atoms with Gasteiger partial charge >= 0.3 is 0 Å². The van der Waals surface area contributed by atoms with Crippen LogP contribution in [0.25, 0.3) is 0 Å². The number of rotatable bonds is 6. The number of amides is 1. The van der Waals surface area contributed by atoms with E-state index < -0.39 is 11.9 Å². The minimum Gasteiger partial charge on any atom is -0.425 e. The van der Waals surface area contributed by atoms with E-state index in [9.17, 15) is 13.6 Å². The van der Waals surface area contributed by atoms with E-state index in [1.165, 1.54) is 30.3 Å². The SMILES string of the molecule is N=C(OC(=N)C1CCN(C(=O)C[C@H](N)Cc2ccccc2F)CC1)c1ccc(F)cc1. The molecule has 0 unspecified atom stereocenters. The Bertz CT molecular complexity index is 941. The molecule has 0 saturated carbocycles. The number of carbonyl (C=O) groups is 1. The van der Waals surface area contributed by atoms with Gasteiger partial charge in [-0.3, -0.25) is 15.6 Å². The number of benzene rings is 2. The van der Waals surface area contributed by atoms with Gasteiger partial charge in [0, 0.05) is 37.0 Å². The summed E-state index contributed by atoms with van der Waals surface area (Å²) in [6.45, 7) is 0.928. The largest absolute Gasteiger partial charge is 0.425 e. The van der Waals surface area contributed by atoms with Gasteiger partial charge in [0.1, 0.15) is 11.6 Å². The van der Waals surface area contributed by atoms with Gasteiger partial charge in [0.2, 0.25) is 11.8 Å². The summed E-state index contributed by atoms with van der Waals surface area (Å²) in [5.41, 5.74) is 6.95. The Morgan fingerprint density at radius 1 is 1.10 bits per heavy atom. The van der Waals surface area contributed by atoms with Crippen molar-refractivity contribution in [2.24, 2.45) is 11.7 Å². The number of nitrogens with zero attached hydrogens (tertiary/aromatic N) is 1. The van der Waals surface area contributed by atoms with Gasteiger partial charge in [0.05, 0.1) is 0 Å². The predicted molar refractivity (Wildman–Crippen MR) is 114 cm³/mol. The van der Waals surface area contributed by atoms with Crippen molar-refractivity contribution >= 4 is 17.7 Å². The molecular formula is C23H26F2N4O2. The van der Waals surface area contributed by atoms with Crippen LogP contribution in [0.15, 0.2) is 48.5 Å². The lowest BCUT2D eigenvalue weighted by atomic mass is 9.95. The molecule has 0 spiro atoms. The maximum Gasteiger partial charge on any atom is 0.224 e. The maximum atomic E-state index is 13.8. The van der Waals surface area contributed by atoms with Crippen molar-refractivity contribution in [2.45, 2.75) is 31.7 Å². The van der Waals surface area contributed by atoms with Crippen molar-refractivity contribution in [1.29, 1.82) is 10.8 Å². The van der Waals surface area contributed by atoms with Crippen LogP contribution >= 0.6 is 0 Å². The monoisotopic (exact) mass is 428 g/mol. The Kier molecular flexibility index (Phi) is 7.46. The van der Waals surface area contributed by atoms with Crippen LogP contribution in [0.1, 0.15) is 30.4 Å². The quantitative estimate of drug-likeness (QED) is 0.485. The van der Waals surface area contributed by atoms with Crippen molar-refractivity contribution in [2.75, 3.05) is 13.1 Å². The van der Waals surface area contributed by atoms with Crippen LogP contribution < -0.4 is 5.73 Å². The molecule has 0 bridgehead atoms. The first-order valence-corrected chi connectivity index (χ1v) is 10.2. The Balaban J connectivity index is 1.44. The fraction of sp³-hybridized carbons (Fsp3) is 0.348. The molecule has 164 valence electrons. The van der Waals surface area contributed by atoms with E-state index in [2.05, 4.69) is 0 Å². The number of nitrogens with one attached hydrogen (secondary N) is 2. The third-order valence-electron chi connectivity index (χ3n) is 5.41. The number of piperidine rings is 1. The van der Waals surface area contributed by atoms with Crippen LogP contribution in [0.4, 0.5) is 8.78 Å². The smallest absolute Gasteiger partial charge is 0.224 e. The van der Waals surface area contributed by atoms with Crippen LogP contribution in [-0.4, -0.2) is 41.7 Å². The van der Waals surface area contributed by atoms with Gasteiger partial charge in [-0.25, -0.2) is 8.78 Å². The number of carbonyl (C=O) groups excluding carboxylic acids is 1. The van der Waals surface area contributed by atoms with Gasteiger partial charge in [-0.05, 0) is 55.2 Å². The van der Waals surface area contributed by atoms with Crippen LogP contribution in [0.2, 0.25) is 0 Å². The molecule has 4 N–H and O–H groups in total. The molecule has 2 aromatic rings. The minimum atomic E-state index is -0.472. The highest BCUT2D eigenvalue weighted by atomic mass is 19.1. The summed E-state index contributed by atoms with van der Waals surface area (Å²) in [7, 11) is 0. The third kappa shape index (κ3) is 6.18. The van der Waals surface area contributed by atoms with E-state index in [4.69, 9.17) is 21.3 Å².